The van der Waals surface area contributed by atoms with E-state index in [0.717, 1.165) is 11.0 Å². The van der Waals surface area contributed by atoms with Crippen molar-refractivity contribution in [3.05, 3.63) is 93.9 Å². The van der Waals surface area contributed by atoms with Crippen LogP contribution in [0.2, 0.25) is 0 Å². The van der Waals surface area contributed by atoms with E-state index in [1.165, 1.54) is 54.9 Å². The molecule has 0 saturated heterocycles. The number of benzene rings is 2. The first-order valence-electron chi connectivity index (χ1n) is 12.7. The Labute approximate surface area is 238 Å². The number of sulfone groups is 1. The first kappa shape index (κ1) is 30.6. The zero-order valence-corrected chi connectivity index (χ0v) is 23.3. The van der Waals surface area contributed by atoms with E-state index in [2.05, 4.69) is 9.97 Å². The highest BCUT2D eigenvalue weighted by Crippen LogP contribution is 2.32. The smallest absolute Gasteiger partial charge is 0.419 e. The van der Waals surface area contributed by atoms with Crippen molar-refractivity contribution in [2.24, 2.45) is 0 Å². The molecular formula is C28H26F4N4O5S. The molecule has 1 atom stereocenters. The van der Waals surface area contributed by atoms with Crippen molar-refractivity contribution in [3.63, 3.8) is 0 Å². The normalized spacial score (nSPS) is 12.8. The van der Waals surface area contributed by atoms with Crippen LogP contribution in [0.15, 0.2) is 65.6 Å². The second-order valence-corrected chi connectivity index (χ2v) is 12.0. The summed E-state index contributed by atoms with van der Waals surface area (Å²) in [5, 5.41) is 9.92. The number of carbonyl (C=O) groups excluding carboxylic acids is 1. The number of rotatable bonds is 9. The zero-order valence-electron chi connectivity index (χ0n) is 22.5. The number of nitrogens with zero attached hydrogens (tertiary/aromatic N) is 4. The minimum atomic E-state index is -4.99. The van der Waals surface area contributed by atoms with Gasteiger partial charge in [-0.25, -0.2) is 22.8 Å². The Bertz CT molecular complexity index is 1790. The van der Waals surface area contributed by atoms with Gasteiger partial charge < -0.3 is 10.0 Å². The molecule has 1 amide bonds. The van der Waals surface area contributed by atoms with Crippen molar-refractivity contribution < 1.29 is 35.9 Å². The van der Waals surface area contributed by atoms with Crippen LogP contribution in [-0.4, -0.2) is 56.9 Å². The summed E-state index contributed by atoms with van der Waals surface area (Å²) in [7, 11) is -3.60. The molecule has 14 heteroatoms. The summed E-state index contributed by atoms with van der Waals surface area (Å²) in [6.07, 6.45) is -4.19. The highest BCUT2D eigenvalue weighted by Gasteiger charge is 2.35. The molecule has 4 rings (SSSR count). The van der Waals surface area contributed by atoms with E-state index in [9.17, 15) is 40.7 Å². The minimum absolute atomic E-state index is 0.00535. The van der Waals surface area contributed by atoms with Crippen molar-refractivity contribution in [1.29, 1.82) is 0 Å². The van der Waals surface area contributed by atoms with Gasteiger partial charge in [0, 0.05) is 18.5 Å². The molecule has 42 heavy (non-hydrogen) atoms. The first-order valence-corrected chi connectivity index (χ1v) is 14.6. The standard InChI is InChI=1S/C28H26F4N4O5S/c1-3-42(40,41)14-13-35(24(38)16-18-6-11-23(29)22(15-18)28(30,31)32)17(2)26-34-25-21(5-4-12-33-25)27(39)36(26)19-7-9-20(37)10-8-19/h4-12,15,17,37H,3,13-14,16H2,1-2H3/t17-/m1/s1. The van der Waals surface area contributed by atoms with Crippen molar-refractivity contribution in [2.45, 2.75) is 32.5 Å². The molecule has 2 heterocycles. The van der Waals surface area contributed by atoms with E-state index in [1.54, 1.807) is 6.07 Å². The number of alkyl halides is 3. The summed E-state index contributed by atoms with van der Waals surface area (Å²) in [5.74, 6) is -3.03. The van der Waals surface area contributed by atoms with Crippen molar-refractivity contribution in [1.82, 2.24) is 19.4 Å². The number of halogens is 4. The van der Waals surface area contributed by atoms with Gasteiger partial charge in [0.05, 0.1) is 34.9 Å². The monoisotopic (exact) mass is 606 g/mol. The van der Waals surface area contributed by atoms with Gasteiger partial charge in [0.2, 0.25) is 5.91 Å². The summed E-state index contributed by atoms with van der Waals surface area (Å²) in [6.45, 7) is 2.56. The van der Waals surface area contributed by atoms with Crippen LogP contribution in [0, 0.1) is 5.82 Å². The lowest BCUT2D eigenvalue weighted by molar-refractivity contribution is -0.140. The molecule has 0 aliphatic rings. The van der Waals surface area contributed by atoms with Gasteiger partial charge in [-0.05, 0) is 61.0 Å². The summed E-state index contributed by atoms with van der Waals surface area (Å²) < 4.78 is 79.7. The number of phenols is 1. The Morgan fingerprint density at radius 1 is 1.12 bits per heavy atom. The number of hydrogen-bond acceptors (Lipinski definition) is 7. The van der Waals surface area contributed by atoms with Crippen LogP contribution >= 0.6 is 0 Å². The number of amides is 1. The van der Waals surface area contributed by atoms with Gasteiger partial charge in [0.15, 0.2) is 15.5 Å². The molecule has 1 N–H and O–H groups in total. The molecule has 0 fully saturated rings. The van der Waals surface area contributed by atoms with Crippen LogP contribution < -0.4 is 5.56 Å². The molecule has 0 spiro atoms. The quantitative estimate of drug-likeness (QED) is 0.283. The average molecular weight is 607 g/mol. The molecular weight excluding hydrogens is 580 g/mol. The van der Waals surface area contributed by atoms with Crippen LogP contribution in [0.1, 0.15) is 36.8 Å². The Morgan fingerprint density at radius 3 is 2.45 bits per heavy atom. The van der Waals surface area contributed by atoms with Crippen LogP contribution in [0.4, 0.5) is 17.6 Å². The third-order valence-corrected chi connectivity index (χ3v) is 8.40. The molecule has 0 radical (unpaired) electrons. The summed E-state index contributed by atoms with van der Waals surface area (Å²) in [6, 6.07) is 9.72. The lowest BCUT2D eigenvalue weighted by Gasteiger charge is -2.30. The Hall–Kier alpha value is -4.33. The van der Waals surface area contributed by atoms with E-state index in [4.69, 9.17) is 0 Å². The van der Waals surface area contributed by atoms with Gasteiger partial charge in [0.25, 0.3) is 5.56 Å². The van der Waals surface area contributed by atoms with E-state index < -0.39 is 57.1 Å². The lowest BCUT2D eigenvalue weighted by Crippen LogP contribution is -2.41. The molecule has 0 bridgehead atoms. The van der Waals surface area contributed by atoms with Crippen molar-refractivity contribution in [3.8, 4) is 11.4 Å². The molecule has 0 saturated carbocycles. The Balaban J connectivity index is 1.83. The average Bonchev–Trinajstić information content (AvgIpc) is 2.94. The van der Waals surface area contributed by atoms with Crippen molar-refractivity contribution >= 4 is 26.8 Å². The van der Waals surface area contributed by atoms with E-state index in [1.807, 2.05) is 0 Å². The summed E-state index contributed by atoms with van der Waals surface area (Å²) in [5.41, 5.74) is -1.90. The fourth-order valence-corrected chi connectivity index (χ4v) is 5.16. The maximum Gasteiger partial charge on any atom is 0.419 e. The molecule has 0 aliphatic heterocycles. The second kappa shape index (κ2) is 11.9. The van der Waals surface area contributed by atoms with Gasteiger partial charge in [-0.15, -0.1) is 0 Å². The molecule has 2 aromatic carbocycles. The first-order chi connectivity index (χ1) is 19.7. The summed E-state index contributed by atoms with van der Waals surface area (Å²) >= 11 is 0. The number of aromatic nitrogens is 3. The van der Waals surface area contributed by atoms with Crippen molar-refractivity contribution in [2.75, 3.05) is 18.1 Å². The maximum atomic E-state index is 13.9. The number of pyridine rings is 1. The largest absolute Gasteiger partial charge is 0.508 e. The molecule has 0 aliphatic carbocycles. The predicted molar refractivity (Wildman–Crippen MR) is 146 cm³/mol. The maximum absolute atomic E-state index is 13.9. The van der Waals surface area contributed by atoms with Gasteiger partial charge >= 0.3 is 6.18 Å². The molecule has 2 aromatic heterocycles. The van der Waals surface area contributed by atoms with Gasteiger partial charge in [-0.3, -0.25) is 14.2 Å². The number of phenolic OH excluding ortho intramolecular Hbond substituents is 1. The summed E-state index contributed by atoms with van der Waals surface area (Å²) in [4.78, 5) is 37.0. The minimum Gasteiger partial charge on any atom is -0.508 e. The van der Waals surface area contributed by atoms with Crippen LogP contribution in [-0.2, 0) is 27.2 Å². The van der Waals surface area contributed by atoms with E-state index >= 15 is 0 Å². The Kier molecular flexibility index (Phi) is 8.66. The highest BCUT2D eigenvalue weighted by atomic mass is 32.2. The van der Waals surface area contributed by atoms with Crippen LogP contribution in [0.25, 0.3) is 16.7 Å². The molecule has 4 aromatic rings. The SMILES string of the molecule is CCS(=O)(=O)CCN(C(=O)Cc1ccc(F)c(C(F)(F)F)c1)[C@H](C)c1nc2ncccc2c(=O)n1-c1ccc(O)cc1. The van der Waals surface area contributed by atoms with Crippen LogP contribution in [0.5, 0.6) is 5.75 Å². The highest BCUT2D eigenvalue weighted by molar-refractivity contribution is 7.91. The van der Waals surface area contributed by atoms with Gasteiger partial charge in [0.1, 0.15) is 17.4 Å². The lowest BCUT2D eigenvalue weighted by atomic mass is 10.1. The number of carbonyl (C=O) groups is 1. The number of hydrogen-bond donors (Lipinski definition) is 1. The predicted octanol–water partition coefficient (Wildman–Crippen LogP) is 4.21. The molecule has 0 unspecified atom stereocenters. The fourth-order valence-electron chi connectivity index (χ4n) is 4.40. The van der Waals surface area contributed by atoms with E-state index in [-0.39, 0.29) is 46.2 Å². The zero-order chi connectivity index (χ0) is 30.8. The number of aromatic hydroxyl groups is 1. The fraction of sp³-hybridized carbons (Fsp3) is 0.286. The van der Waals surface area contributed by atoms with Gasteiger partial charge in [-0.1, -0.05) is 13.0 Å². The van der Waals surface area contributed by atoms with Crippen LogP contribution in [0.3, 0.4) is 0 Å². The third-order valence-electron chi connectivity index (χ3n) is 6.71. The van der Waals surface area contributed by atoms with E-state index in [0.29, 0.717) is 12.1 Å². The third kappa shape index (κ3) is 6.59. The molecule has 9 nitrogen and oxygen atoms in total. The van der Waals surface area contributed by atoms with Gasteiger partial charge in [-0.2, -0.15) is 13.2 Å². The second-order valence-electron chi connectivity index (χ2n) is 9.49. The molecule has 222 valence electrons. The Morgan fingerprint density at radius 2 is 1.81 bits per heavy atom. The topological polar surface area (TPSA) is 122 Å². The number of fused-ring (bicyclic) bond motifs is 1.